The maximum atomic E-state index is 13.9. The van der Waals surface area contributed by atoms with E-state index in [9.17, 15) is 18.0 Å². The van der Waals surface area contributed by atoms with Crippen LogP contribution in [0.5, 0.6) is 5.75 Å². The smallest absolute Gasteiger partial charge is 0.421 e. The summed E-state index contributed by atoms with van der Waals surface area (Å²) in [6.45, 7) is 9.37. The van der Waals surface area contributed by atoms with Crippen LogP contribution in [0.3, 0.4) is 0 Å². The van der Waals surface area contributed by atoms with Crippen molar-refractivity contribution < 1.29 is 22.7 Å². The van der Waals surface area contributed by atoms with Crippen molar-refractivity contribution in [2.75, 3.05) is 53.6 Å². The van der Waals surface area contributed by atoms with Gasteiger partial charge in [0.05, 0.1) is 17.7 Å². The van der Waals surface area contributed by atoms with Gasteiger partial charge in [-0.25, -0.2) is 4.98 Å². The van der Waals surface area contributed by atoms with Crippen LogP contribution in [0, 0.1) is 0 Å². The van der Waals surface area contributed by atoms with Crippen molar-refractivity contribution in [2.45, 2.75) is 38.9 Å². The van der Waals surface area contributed by atoms with Crippen LogP contribution in [0.1, 0.15) is 37.5 Å². The number of anilines is 5. The molecule has 0 spiro atoms. The topological polar surface area (TPSA) is 103 Å². The standard InChI is InChI=1S/C28H32F3N7O2/c1-4-40-22-14-18(38-12-10-32-11-13-38)8-9-20(22)36-26-34-16-19(28(29,30)31)24(37-26)33-15-17-6-5-7-21-23(17)27(2,3)25(39)35-21/h5-9,14,16,32H,4,10-13,15H2,1-3H3,(H,35,39)(H2,33,34,36,37). The number of hydrogen-bond donors (Lipinski definition) is 4. The molecule has 0 unspecified atom stereocenters. The molecule has 2 aliphatic rings. The third-order valence-electron chi connectivity index (χ3n) is 7.13. The Morgan fingerprint density at radius 3 is 2.65 bits per heavy atom. The highest BCUT2D eigenvalue weighted by Gasteiger charge is 2.40. The van der Waals surface area contributed by atoms with Crippen molar-refractivity contribution in [1.82, 2.24) is 15.3 Å². The van der Waals surface area contributed by atoms with Gasteiger partial charge in [0.25, 0.3) is 0 Å². The number of rotatable bonds is 8. The fourth-order valence-electron chi connectivity index (χ4n) is 5.07. The predicted molar refractivity (Wildman–Crippen MR) is 148 cm³/mol. The van der Waals surface area contributed by atoms with E-state index in [0.717, 1.165) is 43.6 Å². The maximum absolute atomic E-state index is 13.9. The monoisotopic (exact) mass is 555 g/mol. The number of nitrogens with zero attached hydrogens (tertiary/aromatic N) is 3. The molecule has 1 aromatic heterocycles. The summed E-state index contributed by atoms with van der Waals surface area (Å²) in [5.41, 5.74) is 1.84. The molecule has 12 heteroatoms. The predicted octanol–water partition coefficient (Wildman–Crippen LogP) is 4.89. The molecule has 2 aliphatic heterocycles. The van der Waals surface area contributed by atoms with Gasteiger partial charge in [-0.1, -0.05) is 12.1 Å². The highest BCUT2D eigenvalue weighted by Crippen LogP contribution is 2.41. The minimum atomic E-state index is -4.67. The van der Waals surface area contributed by atoms with Crippen LogP contribution < -0.4 is 30.9 Å². The number of carbonyl (C=O) groups excluding carboxylic acids is 1. The Balaban J connectivity index is 1.42. The highest BCUT2D eigenvalue weighted by atomic mass is 19.4. The van der Waals surface area contributed by atoms with Gasteiger partial charge in [-0.05, 0) is 50.1 Å². The van der Waals surface area contributed by atoms with Crippen LogP contribution in [0.25, 0.3) is 0 Å². The number of piperazine rings is 1. The van der Waals surface area contributed by atoms with Crippen molar-refractivity contribution in [2.24, 2.45) is 0 Å². The number of halogens is 3. The van der Waals surface area contributed by atoms with Crippen molar-refractivity contribution >= 4 is 34.7 Å². The van der Waals surface area contributed by atoms with Gasteiger partial charge in [0.2, 0.25) is 11.9 Å². The fraction of sp³-hybridized carbons (Fsp3) is 0.393. The summed E-state index contributed by atoms with van der Waals surface area (Å²) < 4.78 is 47.5. The molecule has 0 atom stereocenters. The molecule has 4 N–H and O–H groups in total. The number of carbonyl (C=O) groups is 1. The molecule has 1 fully saturated rings. The average molecular weight is 556 g/mol. The molecule has 1 saturated heterocycles. The molecule has 212 valence electrons. The summed E-state index contributed by atoms with van der Waals surface area (Å²) in [5.74, 6) is 0.0123. The molecule has 0 radical (unpaired) electrons. The number of alkyl halides is 3. The first-order valence-corrected chi connectivity index (χ1v) is 13.2. The number of amides is 1. The number of hydrogen-bond acceptors (Lipinski definition) is 8. The van der Waals surface area contributed by atoms with Gasteiger partial charge in [0, 0.05) is 56.4 Å². The largest absolute Gasteiger partial charge is 0.492 e. The minimum absolute atomic E-state index is 0.0122. The molecular formula is C28H32F3N7O2. The fourth-order valence-corrected chi connectivity index (χ4v) is 5.07. The first-order valence-electron chi connectivity index (χ1n) is 13.2. The van der Waals surface area contributed by atoms with E-state index >= 15 is 0 Å². The lowest BCUT2D eigenvalue weighted by molar-refractivity contribution is -0.137. The van der Waals surface area contributed by atoms with E-state index < -0.39 is 17.2 Å². The van der Waals surface area contributed by atoms with E-state index in [1.54, 1.807) is 32.0 Å². The molecule has 0 bridgehead atoms. The lowest BCUT2D eigenvalue weighted by Crippen LogP contribution is -2.43. The lowest BCUT2D eigenvalue weighted by atomic mass is 9.83. The Morgan fingerprint density at radius 2 is 1.93 bits per heavy atom. The maximum Gasteiger partial charge on any atom is 0.421 e. The summed E-state index contributed by atoms with van der Waals surface area (Å²) in [5, 5.41) is 12.0. The summed E-state index contributed by atoms with van der Waals surface area (Å²) in [6, 6.07) is 11.0. The average Bonchev–Trinajstić information content (AvgIpc) is 3.16. The van der Waals surface area contributed by atoms with Gasteiger partial charge in [-0.3, -0.25) is 4.79 Å². The molecule has 5 rings (SSSR count). The number of fused-ring (bicyclic) bond motifs is 1. The van der Waals surface area contributed by atoms with E-state index in [2.05, 4.69) is 36.1 Å². The second-order valence-electron chi connectivity index (χ2n) is 10.2. The minimum Gasteiger partial charge on any atom is -0.492 e. The Morgan fingerprint density at radius 1 is 1.15 bits per heavy atom. The molecule has 40 heavy (non-hydrogen) atoms. The molecule has 3 aromatic rings. The number of nitrogens with one attached hydrogen (secondary N) is 4. The quantitative estimate of drug-likeness (QED) is 0.312. The van der Waals surface area contributed by atoms with Gasteiger partial charge < -0.3 is 30.9 Å². The third kappa shape index (κ3) is 5.48. The van der Waals surface area contributed by atoms with Gasteiger partial charge in [-0.2, -0.15) is 18.2 Å². The molecule has 1 amide bonds. The summed E-state index contributed by atoms with van der Waals surface area (Å²) in [6.07, 6.45) is -3.91. The number of ether oxygens (including phenoxy) is 1. The molecule has 9 nitrogen and oxygen atoms in total. The van der Waals surface area contributed by atoms with Gasteiger partial charge in [0.1, 0.15) is 17.1 Å². The highest BCUT2D eigenvalue weighted by molar-refractivity contribution is 6.06. The first kappa shape index (κ1) is 27.5. The Hall–Kier alpha value is -4.06. The van der Waals surface area contributed by atoms with E-state index in [1.165, 1.54) is 0 Å². The van der Waals surface area contributed by atoms with E-state index in [0.29, 0.717) is 29.3 Å². The normalized spacial score (nSPS) is 16.4. The number of benzene rings is 2. The summed E-state index contributed by atoms with van der Waals surface area (Å²) >= 11 is 0. The van der Waals surface area contributed by atoms with Gasteiger partial charge >= 0.3 is 6.18 Å². The molecular weight excluding hydrogens is 523 g/mol. The van der Waals surface area contributed by atoms with Crippen LogP contribution in [0.15, 0.2) is 42.6 Å². The molecule has 0 aliphatic carbocycles. The second-order valence-corrected chi connectivity index (χ2v) is 10.2. The van der Waals surface area contributed by atoms with Crippen LogP contribution in [-0.2, 0) is 22.9 Å². The zero-order valence-electron chi connectivity index (χ0n) is 22.6. The first-order chi connectivity index (χ1) is 19.1. The van der Waals surface area contributed by atoms with Gasteiger partial charge in [0.15, 0.2) is 0 Å². The van der Waals surface area contributed by atoms with Crippen molar-refractivity contribution in [3.8, 4) is 5.75 Å². The van der Waals surface area contributed by atoms with Crippen LogP contribution >= 0.6 is 0 Å². The van der Waals surface area contributed by atoms with E-state index in [4.69, 9.17) is 4.74 Å². The Kier molecular flexibility index (Phi) is 7.45. The Bertz CT molecular complexity index is 1410. The third-order valence-corrected chi connectivity index (χ3v) is 7.13. The van der Waals surface area contributed by atoms with Gasteiger partial charge in [-0.15, -0.1) is 0 Å². The summed E-state index contributed by atoms with van der Waals surface area (Å²) in [4.78, 5) is 22.8. The van der Waals surface area contributed by atoms with E-state index in [-0.39, 0.29) is 24.2 Å². The zero-order chi connectivity index (χ0) is 28.5. The molecule has 0 saturated carbocycles. The molecule has 3 heterocycles. The molecule has 2 aromatic carbocycles. The lowest BCUT2D eigenvalue weighted by Gasteiger charge is -2.30. The number of aromatic nitrogens is 2. The van der Waals surface area contributed by atoms with Crippen molar-refractivity contribution in [3.63, 3.8) is 0 Å². The van der Waals surface area contributed by atoms with Crippen LogP contribution in [0.4, 0.5) is 42.0 Å². The zero-order valence-corrected chi connectivity index (χ0v) is 22.6. The van der Waals surface area contributed by atoms with Crippen LogP contribution in [-0.4, -0.2) is 48.7 Å². The van der Waals surface area contributed by atoms with Crippen molar-refractivity contribution in [3.05, 3.63) is 59.3 Å². The van der Waals surface area contributed by atoms with Crippen molar-refractivity contribution in [1.29, 1.82) is 0 Å². The SMILES string of the molecule is CCOc1cc(N2CCNCC2)ccc1Nc1ncc(C(F)(F)F)c(NCc2cccc3c2C(C)(C)C(=O)N3)n1. The summed E-state index contributed by atoms with van der Waals surface area (Å²) in [7, 11) is 0. The second kappa shape index (κ2) is 10.8. The Labute approximate surface area is 230 Å². The van der Waals surface area contributed by atoms with Crippen LogP contribution in [0.2, 0.25) is 0 Å². The van der Waals surface area contributed by atoms with E-state index in [1.807, 2.05) is 25.1 Å².